The van der Waals surface area contributed by atoms with Gasteiger partial charge in [0.2, 0.25) is 0 Å². The molecule has 0 spiro atoms. The van der Waals surface area contributed by atoms with Crippen molar-refractivity contribution in [3.05, 3.63) is 12.2 Å². The van der Waals surface area contributed by atoms with Crippen LogP contribution in [0, 0.1) is 0 Å². The summed E-state index contributed by atoms with van der Waals surface area (Å²) < 4.78 is 0. The third kappa shape index (κ3) is 23.7. The second-order valence-electron chi connectivity index (χ2n) is 8.06. The smallest absolute Gasteiger partial charge is 0.0351 e. The normalized spacial score (nSPS) is 11.6. The van der Waals surface area contributed by atoms with E-state index < -0.39 is 0 Å². The average Bonchev–Trinajstić information content (AvgIpc) is 2.63. The lowest BCUT2D eigenvalue weighted by Crippen LogP contribution is -1.83. The number of rotatable bonds is 21. The van der Waals surface area contributed by atoms with E-state index in [1.54, 1.807) is 0 Å². The number of allylic oxidation sites excluding steroid dienone is 2. The molecular weight excluding hydrogens is 300 g/mol. The van der Waals surface area contributed by atoms with E-state index in [0.717, 1.165) is 0 Å². The molecule has 0 atom stereocenters. The minimum absolute atomic E-state index is 1.29. The Labute approximate surface area is 161 Å². The molecule has 0 N–H and O–H groups in total. The number of unbranched alkanes of at least 4 members (excludes halogenated alkanes) is 19. The lowest BCUT2D eigenvalue weighted by atomic mass is 10.0. The summed E-state index contributed by atoms with van der Waals surface area (Å²) in [6.45, 7) is 4.57. The van der Waals surface area contributed by atoms with Crippen molar-refractivity contribution in [2.75, 3.05) is 0 Å². The van der Waals surface area contributed by atoms with Gasteiger partial charge in [-0.25, -0.2) is 0 Å². The van der Waals surface area contributed by atoms with Gasteiger partial charge >= 0.3 is 0 Å². The van der Waals surface area contributed by atoms with E-state index in [9.17, 15) is 0 Å². The van der Waals surface area contributed by atoms with Crippen LogP contribution in [-0.2, 0) is 0 Å². The highest BCUT2D eigenvalue weighted by Crippen LogP contribution is 2.14. The molecule has 0 aliphatic heterocycles. The van der Waals surface area contributed by atoms with Crippen molar-refractivity contribution < 1.29 is 0 Å². The van der Waals surface area contributed by atoms with Crippen LogP contribution in [0.25, 0.3) is 0 Å². The maximum Gasteiger partial charge on any atom is -0.0351 e. The molecule has 0 aromatic heterocycles. The molecule has 0 rings (SSSR count). The first-order valence-corrected chi connectivity index (χ1v) is 12.1. The van der Waals surface area contributed by atoms with E-state index >= 15 is 0 Å². The van der Waals surface area contributed by atoms with E-state index in [1.165, 1.54) is 135 Å². The van der Waals surface area contributed by atoms with Crippen molar-refractivity contribution >= 4 is 0 Å². The van der Waals surface area contributed by atoms with Gasteiger partial charge in [-0.1, -0.05) is 142 Å². The van der Waals surface area contributed by atoms with Gasteiger partial charge in [-0.05, 0) is 19.3 Å². The molecule has 0 aliphatic rings. The van der Waals surface area contributed by atoms with E-state index in [4.69, 9.17) is 0 Å². The first kappa shape index (κ1) is 24.7. The van der Waals surface area contributed by atoms with Crippen molar-refractivity contribution in [2.45, 2.75) is 149 Å². The van der Waals surface area contributed by atoms with Crippen LogP contribution in [0.1, 0.15) is 149 Å². The van der Waals surface area contributed by atoms with Crippen LogP contribution in [-0.4, -0.2) is 0 Å². The minimum Gasteiger partial charge on any atom is -0.0885 e. The summed E-state index contributed by atoms with van der Waals surface area (Å²) in [5.41, 5.74) is 0. The summed E-state index contributed by atoms with van der Waals surface area (Å²) in [7, 11) is 0. The van der Waals surface area contributed by atoms with Gasteiger partial charge in [0.15, 0.2) is 0 Å². The zero-order chi connectivity index (χ0) is 18.3. The van der Waals surface area contributed by atoms with Crippen LogP contribution >= 0.6 is 0 Å². The van der Waals surface area contributed by atoms with Crippen molar-refractivity contribution in [3.63, 3.8) is 0 Å². The standard InChI is InChI=1S/C25H50/c1-3-5-7-9-11-13-15-17-19-21-23-25-24-22-20-18-16-14-12-10-8-6-4-2/h9,11H,3-8,10,12-25H2,1-2H3. The molecule has 0 aromatic carbocycles. The molecule has 0 heteroatoms. The SMILES string of the molecule is CCCCC=CCCCCCCCCCCCCCCCCCCC. The van der Waals surface area contributed by atoms with Crippen molar-refractivity contribution in [1.82, 2.24) is 0 Å². The third-order valence-corrected chi connectivity index (χ3v) is 5.37. The molecule has 150 valence electrons. The highest BCUT2D eigenvalue weighted by atomic mass is 14.0. The summed E-state index contributed by atoms with van der Waals surface area (Å²) >= 11 is 0. The number of hydrogen-bond acceptors (Lipinski definition) is 0. The third-order valence-electron chi connectivity index (χ3n) is 5.37. The molecule has 25 heavy (non-hydrogen) atoms. The van der Waals surface area contributed by atoms with E-state index in [2.05, 4.69) is 26.0 Å². The van der Waals surface area contributed by atoms with Gasteiger partial charge in [0, 0.05) is 0 Å². The van der Waals surface area contributed by atoms with Gasteiger partial charge in [0.25, 0.3) is 0 Å². The average molecular weight is 351 g/mol. The van der Waals surface area contributed by atoms with Crippen molar-refractivity contribution in [2.24, 2.45) is 0 Å². The molecule has 0 bridgehead atoms. The Bertz CT molecular complexity index is 240. The van der Waals surface area contributed by atoms with Crippen molar-refractivity contribution in [1.29, 1.82) is 0 Å². The summed E-state index contributed by atoms with van der Waals surface area (Å²) in [6, 6.07) is 0. The summed E-state index contributed by atoms with van der Waals surface area (Å²) in [6.07, 6.45) is 34.9. The van der Waals surface area contributed by atoms with E-state index in [0.29, 0.717) is 0 Å². The van der Waals surface area contributed by atoms with Gasteiger partial charge in [0.05, 0.1) is 0 Å². The second kappa shape index (κ2) is 23.7. The Kier molecular flexibility index (Phi) is 23.5. The largest absolute Gasteiger partial charge is 0.0885 e. The molecular formula is C25H50. The Hall–Kier alpha value is -0.260. The highest BCUT2D eigenvalue weighted by Gasteiger charge is 1.94. The first-order chi connectivity index (χ1) is 12.4. The molecule has 0 saturated heterocycles. The predicted molar refractivity (Wildman–Crippen MR) is 117 cm³/mol. The van der Waals surface area contributed by atoms with Crippen LogP contribution in [0.5, 0.6) is 0 Å². The van der Waals surface area contributed by atoms with Crippen LogP contribution < -0.4 is 0 Å². The lowest BCUT2D eigenvalue weighted by molar-refractivity contribution is 0.527. The van der Waals surface area contributed by atoms with Gasteiger partial charge in [-0.2, -0.15) is 0 Å². The zero-order valence-electron chi connectivity index (χ0n) is 18.0. The van der Waals surface area contributed by atoms with Gasteiger partial charge in [-0.3, -0.25) is 0 Å². The van der Waals surface area contributed by atoms with Crippen LogP contribution in [0.2, 0.25) is 0 Å². The summed E-state index contributed by atoms with van der Waals surface area (Å²) in [5, 5.41) is 0. The Morgan fingerprint density at radius 3 is 0.960 bits per heavy atom. The van der Waals surface area contributed by atoms with Crippen LogP contribution in [0.15, 0.2) is 12.2 Å². The molecule has 0 nitrogen and oxygen atoms in total. The van der Waals surface area contributed by atoms with E-state index in [1.807, 2.05) is 0 Å². The predicted octanol–water partition coefficient (Wildman–Crippen LogP) is 9.77. The molecule has 0 aromatic rings. The van der Waals surface area contributed by atoms with Gasteiger partial charge in [-0.15, -0.1) is 0 Å². The highest BCUT2D eigenvalue weighted by molar-refractivity contribution is 4.81. The zero-order valence-corrected chi connectivity index (χ0v) is 18.0. The Morgan fingerprint density at radius 2 is 0.600 bits per heavy atom. The molecule has 0 radical (unpaired) electrons. The molecule has 0 heterocycles. The fourth-order valence-electron chi connectivity index (χ4n) is 3.54. The second-order valence-corrected chi connectivity index (χ2v) is 8.06. The van der Waals surface area contributed by atoms with Gasteiger partial charge in [0.1, 0.15) is 0 Å². The first-order valence-electron chi connectivity index (χ1n) is 12.1. The fourth-order valence-corrected chi connectivity index (χ4v) is 3.54. The van der Waals surface area contributed by atoms with Crippen molar-refractivity contribution in [3.8, 4) is 0 Å². The topological polar surface area (TPSA) is 0 Å². The maximum atomic E-state index is 2.40. The summed E-state index contributed by atoms with van der Waals surface area (Å²) in [4.78, 5) is 0. The monoisotopic (exact) mass is 350 g/mol. The van der Waals surface area contributed by atoms with E-state index in [-0.39, 0.29) is 0 Å². The molecule has 0 aliphatic carbocycles. The maximum absolute atomic E-state index is 2.40. The van der Waals surface area contributed by atoms with Crippen LogP contribution in [0.4, 0.5) is 0 Å². The summed E-state index contributed by atoms with van der Waals surface area (Å²) in [5.74, 6) is 0. The molecule has 0 unspecified atom stereocenters. The van der Waals surface area contributed by atoms with Gasteiger partial charge < -0.3 is 0 Å². The minimum atomic E-state index is 1.29. The number of hydrogen-bond donors (Lipinski definition) is 0. The molecule has 0 amide bonds. The Morgan fingerprint density at radius 1 is 0.320 bits per heavy atom. The quantitative estimate of drug-likeness (QED) is 0.143. The molecule has 0 fully saturated rings. The fraction of sp³-hybridized carbons (Fsp3) is 0.920. The lowest BCUT2D eigenvalue weighted by Gasteiger charge is -2.03. The Balaban J connectivity index is 2.99. The van der Waals surface area contributed by atoms with Crippen LogP contribution in [0.3, 0.4) is 0 Å². The molecule has 0 saturated carbocycles.